The van der Waals surface area contributed by atoms with E-state index in [1.807, 2.05) is 6.08 Å². The van der Waals surface area contributed by atoms with Crippen molar-refractivity contribution < 1.29 is 20.1 Å². The number of carbonyl (C=O) groups excluding carboxylic acids is 1. The smallest absolute Gasteiger partial charge is 0.222 e. The molecule has 0 aliphatic rings. The Kier molecular flexibility index (Phi) is 37.2. The normalized spacial score (nSPS) is 14.0. The van der Waals surface area contributed by atoms with E-state index >= 15 is 0 Å². The largest absolute Gasteiger partial charge is 0.394 e. The number of aliphatic hydroxyl groups excluding tert-OH is 3. The molecule has 1 amide bonds. The minimum atomic E-state index is -0.952. The average molecular weight is 676 g/mol. The molecule has 0 aromatic carbocycles. The van der Waals surface area contributed by atoms with Gasteiger partial charge in [-0.1, -0.05) is 179 Å². The van der Waals surface area contributed by atoms with E-state index in [0.29, 0.717) is 6.42 Å². The van der Waals surface area contributed by atoms with Crippen molar-refractivity contribution in [3.63, 3.8) is 0 Å². The van der Waals surface area contributed by atoms with Gasteiger partial charge in [-0.2, -0.15) is 0 Å². The van der Waals surface area contributed by atoms with Crippen molar-refractivity contribution in [2.45, 2.75) is 225 Å². The first kappa shape index (κ1) is 46.6. The van der Waals surface area contributed by atoms with E-state index in [1.165, 1.54) is 135 Å². The van der Waals surface area contributed by atoms with Gasteiger partial charge < -0.3 is 20.6 Å². The number of hydrogen-bond donors (Lipinski definition) is 4. The van der Waals surface area contributed by atoms with Crippen molar-refractivity contribution in [1.29, 1.82) is 0 Å². The lowest BCUT2D eigenvalue weighted by atomic mass is 10.0. The van der Waals surface area contributed by atoms with Crippen molar-refractivity contribution in [3.8, 4) is 0 Å². The SMILES string of the molecule is CCCCCCCC/C=C\CCCCCCCC(O)CC(=O)NC(CO)C(O)/C=C/CC/C=C/CCCCCCCCCCCCCC. The van der Waals surface area contributed by atoms with Gasteiger partial charge in [0.05, 0.1) is 31.3 Å². The second-order valence-electron chi connectivity index (χ2n) is 14.2. The molecular formula is C43H81NO4. The summed E-state index contributed by atoms with van der Waals surface area (Å²) in [5.74, 6) is -0.331. The Morgan fingerprint density at radius 3 is 1.33 bits per heavy atom. The maximum absolute atomic E-state index is 12.4. The number of carbonyl (C=O) groups is 1. The first-order valence-corrected chi connectivity index (χ1v) is 20.8. The molecular weight excluding hydrogens is 594 g/mol. The Morgan fingerprint density at radius 2 is 0.896 bits per heavy atom. The Balaban J connectivity index is 3.75. The fourth-order valence-corrected chi connectivity index (χ4v) is 6.17. The molecule has 3 atom stereocenters. The van der Waals surface area contributed by atoms with E-state index in [-0.39, 0.29) is 18.9 Å². The standard InChI is InChI=1S/C43H81NO4/c1-3-5-7-9-11-13-15-17-19-20-21-23-25-27-29-31-33-35-37-42(47)41(39-45)44-43(48)38-40(46)36-34-32-30-28-26-24-22-18-16-14-12-10-8-6-4-2/h18,22,27,29,35,37,40-42,45-47H,3-17,19-21,23-26,28,30-34,36,38-39H2,1-2H3,(H,44,48)/b22-18-,29-27+,37-35+. The first-order valence-electron chi connectivity index (χ1n) is 20.8. The molecule has 0 radical (unpaired) electrons. The number of unbranched alkanes of at least 4 members (excludes halogenated alkanes) is 24. The van der Waals surface area contributed by atoms with Gasteiger partial charge in [0.1, 0.15) is 0 Å². The predicted molar refractivity (Wildman–Crippen MR) is 208 cm³/mol. The minimum absolute atomic E-state index is 0.000319. The van der Waals surface area contributed by atoms with Crippen LogP contribution in [0, 0.1) is 0 Å². The Morgan fingerprint density at radius 1 is 0.521 bits per heavy atom. The summed E-state index contributed by atoms with van der Waals surface area (Å²) in [6.45, 7) is 4.19. The van der Waals surface area contributed by atoms with Gasteiger partial charge in [0.15, 0.2) is 0 Å². The highest BCUT2D eigenvalue weighted by Gasteiger charge is 2.20. The van der Waals surface area contributed by atoms with Crippen LogP contribution in [0.4, 0.5) is 0 Å². The average Bonchev–Trinajstić information content (AvgIpc) is 3.08. The molecule has 0 bridgehead atoms. The zero-order valence-electron chi connectivity index (χ0n) is 31.9. The van der Waals surface area contributed by atoms with Crippen molar-refractivity contribution in [1.82, 2.24) is 5.32 Å². The summed E-state index contributed by atoms with van der Waals surface area (Å²) in [7, 11) is 0. The fourth-order valence-electron chi connectivity index (χ4n) is 6.17. The van der Waals surface area contributed by atoms with Crippen LogP contribution < -0.4 is 5.32 Å². The van der Waals surface area contributed by atoms with E-state index in [2.05, 4.69) is 43.5 Å². The molecule has 0 saturated carbocycles. The highest BCUT2D eigenvalue weighted by molar-refractivity contribution is 5.76. The van der Waals surface area contributed by atoms with Gasteiger partial charge in [-0.15, -0.1) is 0 Å². The van der Waals surface area contributed by atoms with Gasteiger partial charge in [-0.05, 0) is 57.8 Å². The van der Waals surface area contributed by atoms with Crippen LogP contribution in [0.1, 0.15) is 206 Å². The second-order valence-corrected chi connectivity index (χ2v) is 14.2. The van der Waals surface area contributed by atoms with Gasteiger partial charge >= 0.3 is 0 Å². The molecule has 48 heavy (non-hydrogen) atoms. The number of rotatable bonds is 37. The Labute approximate surface area is 298 Å². The summed E-state index contributed by atoms with van der Waals surface area (Å²) in [4.78, 5) is 12.4. The summed E-state index contributed by atoms with van der Waals surface area (Å²) in [6, 6.07) is -0.762. The van der Waals surface area contributed by atoms with Gasteiger partial charge in [-0.3, -0.25) is 4.79 Å². The summed E-state index contributed by atoms with van der Waals surface area (Å²) in [5, 5.41) is 33.1. The molecule has 0 aliphatic carbocycles. The highest BCUT2D eigenvalue weighted by atomic mass is 16.3. The number of allylic oxidation sites excluding steroid dienone is 5. The number of aliphatic hydroxyl groups is 3. The van der Waals surface area contributed by atoms with Crippen LogP contribution in [0.2, 0.25) is 0 Å². The van der Waals surface area contributed by atoms with Gasteiger partial charge in [0.2, 0.25) is 5.91 Å². The lowest BCUT2D eigenvalue weighted by Gasteiger charge is -2.20. The summed E-state index contributed by atoms with van der Waals surface area (Å²) in [5.41, 5.74) is 0. The molecule has 0 aromatic rings. The maximum Gasteiger partial charge on any atom is 0.222 e. The predicted octanol–water partition coefficient (Wildman–Crippen LogP) is 11.6. The van der Waals surface area contributed by atoms with Crippen LogP contribution in [0.25, 0.3) is 0 Å². The third-order valence-electron chi connectivity index (χ3n) is 9.40. The molecule has 0 spiro atoms. The number of amides is 1. The second kappa shape index (κ2) is 38.4. The molecule has 5 nitrogen and oxygen atoms in total. The Bertz CT molecular complexity index is 749. The molecule has 0 rings (SSSR count). The van der Waals surface area contributed by atoms with Crippen LogP contribution in [-0.2, 0) is 4.79 Å². The van der Waals surface area contributed by atoms with Gasteiger partial charge in [0, 0.05) is 0 Å². The zero-order valence-corrected chi connectivity index (χ0v) is 31.9. The molecule has 4 N–H and O–H groups in total. The maximum atomic E-state index is 12.4. The fraction of sp³-hybridized carbons (Fsp3) is 0.837. The lowest BCUT2D eigenvalue weighted by Crippen LogP contribution is -2.45. The van der Waals surface area contributed by atoms with Crippen molar-refractivity contribution >= 4 is 5.91 Å². The molecule has 0 saturated heterocycles. The highest BCUT2D eigenvalue weighted by Crippen LogP contribution is 2.14. The summed E-state index contributed by atoms with van der Waals surface area (Å²) < 4.78 is 0. The topological polar surface area (TPSA) is 89.8 Å². The molecule has 282 valence electrons. The van der Waals surface area contributed by atoms with Crippen LogP contribution in [0.5, 0.6) is 0 Å². The number of nitrogens with one attached hydrogen (secondary N) is 1. The summed E-state index contributed by atoms with van der Waals surface area (Å²) in [6.07, 6.45) is 47.1. The van der Waals surface area contributed by atoms with Crippen molar-refractivity contribution in [3.05, 3.63) is 36.5 Å². The zero-order chi connectivity index (χ0) is 35.2. The molecule has 0 aliphatic heterocycles. The van der Waals surface area contributed by atoms with Gasteiger partial charge in [0.25, 0.3) is 0 Å². The van der Waals surface area contributed by atoms with Crippen molar-refractivity contribution in [2.24, 2.45) is 0 Å². The molecule has 0 fully saturated rings. The van der Waals surface area contributed by atoms with E-state index in [9.17, 15) is 20.1 Å². The third-order valence-corrected chi connectivity index (χ3v) is 9.40. The molecule has 3 unspecified atom stereocenters. The van der Waals surface area contributed by atoms with E-state index in [4.69, 9.17) is 0 Å². The lowest BCUT2D eigenvalue weighted by molar-refractivity contribution is -0.124. The first-order chi connectivity index (χ1) is 23.5. The monoisotopic (exact) mass is 676 g/mol. The third kappa shape index (κ3) is 34.4. The number of hydrogen-bond acceptors (Lipinski definition) is 4. The van der Waals surface area contributed by atoms with Crippen LogP contribution in [-0.4, -0.2) is 46.1 Å². The quantitative estimate of drug-likeness (QED) is 0.0390. The van der Waals surface area contributed by atoms with E-state index in [0.717, 1.165) is 44.9 Å². The van der Waals surface area contributed by atoms with E-state index in [1.54, 1.807) is 6.08 Å². The van der Waals surface area contributed by atoms with Crippen LogP contribution >= 0.6 is 0 Å². The Hall–Kier alpha value is -1.43. The minimum Gasteiger partial charge on any atom is -0.394 e. The molecule has 0 heterocycles. The van der Waals surface area contributed by atoms with Crippen molar-refractivity contribution in [2.75, 3.05) is 6.61 Å². The molecule has 5 heteroatoms. The summed E-state index contributed by atoms with van der Waals surface area (Å²) >= 11 is 0. The van der Waals surface area contributed by atoms with Crippen LogP contribution in [0.3, 0.4) is 0 Å². The van der Waals surface area contributed by atoms with E-state index < -0.39 is 18.2 Å². The van der Waals surface area contributed by atoms with Gasteiger partial charge in [-0.25, -0.2) is 0 Å². The van der Waals surface area contributed by atoms with Crippen LogP contribution in [0.15, 0.2) is 36.5 Å². The molecule has 0 aromatic heterocycles.